The van der Waals surface area contributed by atoms with Crippen LogP contribution in [0.2, 0.25) is 0 Å². The number of hydrogen-bond donors (Lipinski definition) is 0. The third kappa shape index (κ3) is 9.29. The number of ether oxygens (including phenoxy) is 2. The first-order valence-corrected chi connectivity index (χ1v) is 13.1. The highest BCUT2D eigenvalue weighted by molar-refractivity contribution is 5.91. The number of benzene rings is 3. The van der Waals surface area contributed by atoms with Crippen LogP contribution in [0.5, 0.6) is 11.5 Å². The van der Waals surface area contributed by atoms with Crippen molar-refractivity contribution >= 4 is 17.3 Å². The monoisotopic (exact) mass is 486 g/mol. The van der Waals surface area contributed by atoms with Gasteiger partial charge < -0.3 is 9.47 Å². The molecule has 0 aliphatic rings. The van der Waals surface area contributed by atoms with Crippen LogP contribution in [0.15, 0.2) is 77.0 Å². The van der Waals surface area contributed by atoms with Crippen molar-refractivity contribution in [1.82, 2.24) is 0 Å². The molecule has 0 aliphatic carbocycles. The number of carbonyl (C=O) groups is 1. The number of rotatable bonds is 14. The SMILES string of the molecule is CCCCCCCCCCOc1ccc(C(=O)Oc2ccc(N=Nc3ccc(C)cc3C)cc2)cc1. The molecule has 0 unspecified atom stereocenters. The summed E-state index contributed by atoms with van der Waals surface area (Å²) in [5, 5.41) is 8.60. The maximum absolute atomic E-state index is 12.5. The second-order valence-electron chi connectivity index (χ2n) is 9.22. The topological polar surface area (TPSA) is 60.2 Å². The minimum absolute atomic E-state index is 0.408. The number of unbranched alkanes of at least 4 members (excludes halogenated alkanes) is 7. The molecular formula is C31H38N2O3. The highest BCUT2D eigenvalue weighted by Gasteiger charge is 2.09. The zero-order valence-corrected chi connectivity index (χ0v) is 21.8. The molecule has 0 amide bonds. The lowest BCUT2D eigenvalue weighted by Gasteiger charge is -2.08. The number of hydrogen-bond acceptors (Lipinski definition) is 5. The predicted molar refractivity (Wildman–Crippen MR) is 146 cm³/mol. The molecule has 0 aromatic heterocycles. The lowest BCUT2D eigenvalue weighted by atomic mass is 10.1. The first-order chi connectivity index (χ1) is 17.5. The molecule has 3 aromatic rings. The lowest BCUT2D eigenvalue weighted by Crippen LogP contribution is -2.08. The molecule has 0 heterocycles. The highest BCUT2D eigenvalue weighted by atomic mass is 16.5. The van der Waals surface area contributed by atoms with Crippen LogP contribution >= 0.6 is 0 Å². The van der Waals surface area contributed by atoms with Crippen molar-refractivity contribution in [3.63, 3.8) is 0 Å². The van der Waals surface area contributed by atoms with Gasteiger partial charge in [0.05, 0.1) is 23.5 Å². The van der Waals surface area contributed by atoms with Crippen molar-refractivity contribution in [3.05, 3.63) is 83.4 Å². The number of esters is 1. The van der Waals surface area contributed by atoms with Gasteiger partial charge in [-0.2, -0.15) is 10.2 Å². The van der Waals surface area contributed by atoms with Crippen LogP contribution in [-0.4, -0.2) is 12.6 Å². The van der Waals surface area contributed by atoms with E-state index in [4.69, 9.17) is 9.47 Å². The fourth-order valence-corrected chi connectivity index (χ4v) is 3.89. The van der Waals surface area contributed by atoms with Gasteiger partial charge in [0.1, 0.15) is 11.5 Å². The van der Waals surface area contributed by atoms with Gasteiger partial charge in [-0.1, -0.05) is 69.6 Å². The van der Waals surface area contributed by atoms with E-state index in [9.17, 15) is 4.79 Å². The van der Waals surface area contributed by atoms with Gasteiger partial charge in [-0.3, -0.25) is 0 Å². The molecule has 0 fully saturated rings. The van der Waals surface area contributed by atoms with Crippen molar-refractivity contribution in [1.29, 1.82) is 0 Å². The first-order valence-electron chi connectivity index (χ1n) is 13.1. The van der Waals surface area contributed by atoms with Gasteiger partial charge >= 0.3 is 5.97 Å². The summed E-state index contributed by atoms with van der Waals surface area (Å²) in [5.41, 5.74) is 4.27. The fourth-order valence-electron chi connectivity index (χ4n) is 3.89. The average Bonchev–Trinajstić information content (AvgIpc) is 2.88. The molecule has 0 bridgehead atoms. The van der Waals surface area contributed by atoms with Gasteiger partial charge in [0.25, 0.3) is 0 Å². The Balaban J connectivity index is 1.40. The molecule has 0 N–H and O–H groups in total. The van der Waals surface area contributed by atoms with Crippen molar-refractivity contribution in [2.75, 3.05) is 6.61 Å². The Bertz CT molecular complexity index is 1110. The van der Waals surface area contributed by atoms with E-state index < -0.39 is 5.97 Å². The van der Waals surface area contributed by atoms with Gasteiger partial charge in [0.2, 0.25) is 0 Å². The molecule has 0 atom stereocenters. The summed E-state index contributed by atoms with van der Waals surface area (Å²) in [6.45, 7) is 7.01. The molecule has 0 radical (unpaired) electrons. The molecule has 3 rings (SSSR count). The zero-order chi connectivity index (χ0) is 25.6. The van der Waals surface area contributed by atoms with Crippen LogP contribution in [0.25, 0.3) is 0 Å². The molecule has 36 heavy (non-hydrogen) atoms. The third-order valence-electron chi connectivity index (χ3n) is 6.03. The van der Waals surface area contributed by atoms with E-state index in [1.54, 1.807) is 36.4 Å². The quantitative estimate of drug-likeness (QED) is 0.0986. The summed E-state index contributed by atoms with van der Waals surface area (Å²) < 4.78 is 11.3. The average molecular weight is 487 g/mol. The summed E-state index contributed by atoms with van der Waals surface area (Å²) in [5.74, 6) is 0.822. The lowest BCUT2D eigenvalue weighted by molar-refractivity contribution is 0.0734. The van der Waals surface area contributed by atoms with E-state index in [1.807, 2.05) is 31.2 Å². The summed E-state index contributed by atoms with van der Waals surface area (Å²) in [6, 6.07) is 20.1. The molecule has 5 nitrogen and oxygen atoms in total. The Labute approximate surface area is 215 Å². The van der Waals surface area contributed by atoms with E-state index in [-0.39, 0.29) is 0 Å². The van der Waals surface area contributed by atoms with Gasteiger partial charge in [-0.05, 0) is 80.4 Å². The number of azo groups is 1. The Kier molecular flexibility index (Phi) is 11.2. The Hall–Kier alpha value is -3.47. The molecule has 0 aliphatic heterocycles. The van der Waals surface area contributed by atoms with Crippen LogP contribution < -0.4 is 9.47 Å². The Morgan fingerprint density at radius 1 is 0.722 bits per heavy atom. The molecule has 0 spiro atoms. The van der Waals surface area contributed by atoms with Crippen LogP contribution in [0, 0.1) is 13.8 Å². The predicted octanol–water partition coefficient (Wildman–Crippen LogP) is 9.46. The largest absolute Gasteiger partial charge is 0.494 e. The minimum Gasteiger partial charge on any atom is -0.494 e. The van der Waals surface area contributed by atoms with Crippen LogP contribution in [0.1, 0.15) is 79.8 Å². The van der Waals surface area contributed by atoms with Crippen molar-refractivity contribution in [2.24, 2.45) is 10.2 Å². The van der Waals surface area contributed by atoms with Gasteiger partial charge in [0.15, 0.2) is 0 Å². The normalized spacial score (nSPS) is 11.1. The van der Waals surface area contributed by atoms with Gasteiger partial charge in [-0.25, -0.2) is 4.79 Å². The molecular weight excluding hydrogens is 448 g/mol. The first kappa shape index (κ1) is 27.1. The van der Waals surface area contributed by atoms with Crippen LogP contribution in [0.4, 0.5) is 11.4 Å². The summed E-state index contributed by atoms with van der Waals surface area (Å²) in [7, 11) is 0. The Morgan fingerprint density at radius 2 is 1.36 bits per heavy atom. The fraction of sp³-hybridized carbons (Fsp3) is 0.387. The molecule has 190 valence electrons. The van der Waals surface area contributed by atoms with E-state index >= 15 is 0 Å². The summed E-state index contributed by atoms with van der Waals surface area (Å²) in [6.07, 6.45) is 10.2. The second-order valence-corrected chi connectivity index (χ2v) is 9.22. The van der Waals surface area contributed by atoms with Crippen molar-refractivity contribution in [2.45, 2.75) is 72.1 Å². The molecule has 3 aromatic carbocycles. The maximum atomic E-state index is 12.5. The second kappa shape index (κ2) is 14.8. The maximum Gasteiger partial charge on any atom is 0.343 e. The van der Waals surface area contributed by atoms with Crippen molar-refractivity contribution in [3.8, 4) is 11.5 Å². The van der Waals surface area contributed by atoms with E-state index in [1.165, 1.54) is 50.5 Å². The van der Waals surface area contributed by atoms with Crippen LogP contribution in [-0.2, 0) is 0 Å². The minimum atomic E-state index is -0.408. The highest BCUT2D eigenvalue weighted by Crippen LogP contribution is 2.25. The standard InChI is InChI=1S/C31H38N2O3/c1-4-5-6-7-8-9-10-11-22-35-28-17-13-26(14-18-28)31(34)36-29-19-15-27(16-20-29)32-33-30-21-12-24(2)23-25(30)3/h12-21,23H,4-11,22H2,1-3H3. The van der Waals surface area contributed by atoms with Crippen LogP contribution in [0.3, 0.4) is 0 Å². The molecule has 5 heteroatoms. The number of carbonyl (C=O) groups excluding carboxylic acids is 1. The molecule has 0 saturated carbocycles. The third-order valence-corrected chi connectivity index (χ3v) is 6.03. The van der Waals surface area contributed by atoms with Crippen molar-refractivity contribution < 1.29 is 14.3 Å². The molecule has 0 saturated heterocycles. The van der Waals surface area contributed by atoms with E-state index in [0.29, 0.717) is 23.6 Å². The number of nitrogens with zero attached hydrogens (tertiary/aromatic N) is 2. The summed E-state index contributed by atoms with van der Waals surface area (Å²) >= 11 is 0. The van der Waals surface area contributed by atoms with Gasteiger partial charge in [0, 0.05) is 0 Å². The smallest absolute Gasteiger partial charge is 0.343 e. The Morgan fingerprint density at radius 3 is 2.03 bits per heavy atom. The van der Waals surface area contributed by atoms with E-state index in [0.717, 1.165) is 23.4 Å². The summed E-state index contributed by atoms with van der Waals surface area (Å²) in [4.78, 5) is 12.5. The van der Waals surface area contributed by atoms with E-state index in [2.05, 4.69) is 30.1 Å². The zero-order valence-electron chi connectivity index (χ0n) is 21.8. The van der Waals surface area contributed by atoms with Gasteiger partial charge in [-0.15, -0.1) is 0 Å². The number of aryl methyl sites for hydroxylation is 2.